The number of hydrogen-bond donors (Lipinski definition) is 0. The van der Waals surface area contributed by atoms with E-state index >= 15 is 0 Å². The van der Waals surface area contributed by atoms with E-state index in [-0.39, 0.29) is 0 Å². The van der Waals surface area contributed by atoms with Crippen molar-refractivity contribution in [3.63, 3.8) is 0 Å². The van der Waals surface area contributed by atoms with Gasteiger partial charge in [-0.25, -0.2) is 0 Å². The summed E-state index contributed by atoms with van der Waals surface area (Å²) in [6.07, 6.45) is 0. The van der Waals surface area contributed by atoms with E-state index in [2.05, 4.69) is 101 Å². The molecule has 0 nitrogen and oxygen atoms in total. The molecule has 3 aromatic carbocycles. The predicted molar refractivity (Wildman–Crippen MR) is 129 cm³/mol. The zero-order chi connectivity index (χ0) is 20.7. The van der Waals surface area contributed by atoms with Crippen molar-refractivity contribution in [3.05, 3.63) is 75.3 Å². The molecule has 146 valence electrons. The molecular formula is C27H33P. The maximum Gasteiger partial charge on any atom is -0.00979 e. The van der Waals surface area contributed by atoms with Crippen LogP contribution in [-0.2, 0) is 0 Å². The normalized spacial score (nSPS) is 11.4. The van der Waals surface area contributed by atoms with Crippen molar-refractivity contribution < 1.29 is 0 Å². The van der Waals surface area contributed by atoms with Crippen LogP contribution in [0.5, 0.6) is 0 Å². The molecule has 3 aromatic rings. The Kier molecular flexibility index (Phi) is 5.83. The number of hydrogen-bond acceptors (Lipinski definition) is 0. The standard InChI is InChI=1S/C27H33P/c1-15(2)22-13-23(25-18(5)9-16(3)10-19(25)6)27(28)24(14-22)26-20(7)11-17(4)12-21(26)8/h9-15H,28H2,1-8H3. The van der Waals surface area contributed by atoms with Gasteiger partial charge in [0.25, 0.3) is 0 Å². The molecule has 0 aromatic heterocycles. The summed E-state index contributed by atoms with van der Waals surface area (Å²) in [7, 11) is 3.06. The Hall–Kier alpha value is -1.91. The molecule has 28 heavy (non-hydrogen) atoms. The van der Waals surface area contributed by atoms with E-state index in [9.17, 15) is 0 Å². The SMILES string of the molecule is Cc1cc(C)c(-c2cc(C(C)C)cc(-c3c(C)cc(C)cc3C)c2P)c(C)c1. The summed E-state index contributed by atoms with van der Waals surface area (Å²) in [5.74, 6) is 0.486. The minimum absolute atomic E-state index is 0.486. The highest BCUT2D eigenvalue weighted by Gasteiger charge is 2.18. The minimum atomic E-state index is 0.486. The quantitative estimate of drug-likeness (QED) is 0.408. The van der Waals surface area contributed by atoms with Crippen LogP contribution in [0.15, 0.2) is 36.4 Å². The molecule has 0 spiro atoms. The first-order chi connectivity index (χ1) is 13.1. The summed E-state index contributed by atoms with van der Waals surface area (Å²) in [5, 5.41) is 1.30. The van der Waals surface area contributed by atoms with Crippen molar-refractivity contribution in [3.8, 4) is 22.3 Å². The Labute approximate surface area is 173 Å². The molecule has 0 bridgehead atoms. The largest absolute Gasteiger partial charge is 0.104 e. The molecule has 0 fully saturated rings. The van der Waals surface area contributed by atoms with Crippen molar-refractivity contribution in [2.45, 2.75) is 61.3 Å². The van der Waals surface area contributed by atoms with Gasteiger partial charge in [-0.1, -0.05) is 61.4 Å². The van der Waals surface area contributed by atoms with Crippen LogP contribution in [0.3, 0.4) is 0 Å². The molecular weight excluding hydrogens is 355 g/mol. The van der Waals surface area contributed by atoms with Gasteiger partial charge >= 0.3 is 0 Å². The van der Waals surface area contributed by atoms with Gasteiger partial charge in [0.1, 0.15) is 0 Å². The Morgan fingerprint density at radius 1 is 0.571 bits per heavy atom. The molecule has 0 aliphatic rings. The smallest absolute Gasteiger partial charge is 0.00979 e. The minimum Gasteiger partial charge on any atom is -0.104 e. The fraction of sp³-hybridized carbons (Fsp3) is 0.333. The van der Waals surface area contributed by atoms with Crippen LogP contribution in [0.1, 0.15) is 58.7 Å². The lowest BCUT2D eigenvalue weighted by Gasteiger charge is -2.22. The second kappa shape index (κ2) is 7.84. The van der Waals surface area contributed by atoms with E-state index in [4.69, 9.17) is 0 Å². The number of aryl methyl sites for hydroxylation is 6. The molecule has 1 unspecified atom stereocenters. The van der Waals surface area contributed by atoms with Crippen LogP contribution in [0.25, 0.3) is 22.3 Å². The van der Waals surface area contributed by atoms with Gasteiger partial charge in [0.15, 0.2) is 0 Å². The topological polar surface area (TPSA) is 0 Å². The summed E-state index contributed by atoms with van der Waals surface area (Å²) < 4.78 is 0. The van der Waals surface area contributed by atoms with Gasteiger partial charge in [0.05, 0.1) is 0 Å². The molecule has 1 heteroatoms. The Morgan fingerprint density at radius 2 is 0.893 bits per heavy atom. The zero-order valence-electron chi connectivity index (χ0n) is 18.6. The summed E-state index contributed by atoms with van der Waals surface area (Å²) in [5.41, 5.74) is 14.9. The fourth-order valence-electron chi connectivity index (χ4n) is 4.63. The average molecular weight is 389 g/mol. The zero-order valence-corrected chi connectivity index (χ0v) is 19.8. The highest BCUT2D eigenvalue weighted by molar-refractivity contribution is 7.28. The van der Waals surface area contributed by atoms with Gasteiger partial charge in [-0.3, -0.25) is 0 Å². The van der Waals surface area contributed by atoms with E-state index < -0.39 is 0 Å². The maximum absolute atomic E-state index is 3.06. The van der Waals surface area contributed by atoms with Crippen molar-refractivity contribution in [1.82, 2.24) is 0 Å². The molecule has 0 saturated carbocycles. The second-order valence-corrected chi connectivity index (χ2v) is 9.31. The first kappa shape index (κ1) is 20.8. The van der Waals surface area contributed by atoms with E-state index in [1.54, 1.807) is 0 Å². The molecule has 1 atom stereocenters. The lowest BCUT2D eigenvalue weighted by molar-refractivity contribution is 0.868. The lowest BCUT2D eigenvalue weighted by atomic mass is 9.86. The van der Waals surface area contributed by atoms with Gasteiger partial charge < -0.3 is 0 Å². The predicted octanol–water partition coefficient (Wildman–Crippen LogP) is 7.49. The van der Waals surface area contributed by atoms with E-state index in [1.807, 2.05) is 0 Å². The van der Waals surface area contributed by atoms with Crippen LogP contribution in [0, 0.1) is 41.5 Å². The highest BCUT2D eigenvalue weighted by Crippen LogP contribution is 2.37. The van der Waals surface area contributed by atoms with Crippen molar-refractivity contribution >= 4 is 14.5 Å². The fourth-order valence-corrected chi connectivity index (χ4v) is 5.09. The lowest BCUT2D eigenvalue weighted by Crippen LogP contribution is -2.08. The third-order valence-corrected chi connectivity index (χ3v) is 6.38. The second-order valence-electron chi connectivity index (χ2n) is 8.73. The molecule has 0 radical (unpaired) electrons. The summed E-state index contributed by atoms with van der Waals surface area (Å²) in [6.45, 7) is 17.9. The molecule has 3 rings (SSSR count). The van der Waals surface area contributed by atoms with E-state index in [0.29, 0.717) is 5.92 Å². The summed E-state index contributed by atoms with van der Waals surface area (Å²) in [6, 6.07) is 14.0. The third kappa shape index (κ3) is 3.81. The maximum atomic E-state index is 3.06. The van der Waals surface area contributed by atoms with Gasteiger partial charge in [0, 0.05) is 0 Å². The summed E-state index contributed by atoms with van der Waals surface area (Å²) in [4.78, 5) is 0. The number of benzene rings is 3. The first-order valence-electron chi connectivity index (χ1n) is 10.2. The van der Waals surface area contributed by atoms with Crippen molar-refractivity contribution in [1.29, 1.82) is 0 Å². The van der Waals surface area contributed by atoms with E-state index in [1.165, 1.54) is 66.5 Å². The Morgan fingerprint density at radius 3 is 1.18 bits per heavy atom. The van der Waals surface area contributed by atoms with Gasteiger partial charge in [-0.2, -0.15) is 0 Å². The first-order valence-corrected chi connectivity index (χ1v) is 10.8. The van der Waals surface area contributed by atoms with E-state index in [0.717, 1.165) is 0 Å². The molecule has 0 saturated heterocycles. The van der Waals surface area contributed by atoms with Crippen LogP contribution in [0.2, 0.25) is 0 Å². The molecule has 0 aliphatic carbocycles. The molecule has 0 amide bonds. The Balaban J connectivity index is 2.40. The average Bonchev–Trinajstić information content (AvgIpc) is 2.55. The molecule has 0 heterocycles. The van der Waals surface area contributed by atoms with Crippen LogP contribution < -0.4 is 5.30 Å². The number of rotatable bonds is 3. The molecule has 0 N–H and O–H groups in total. The monoisotopic (exact) mass is 388 g/mol. The van der Waals surface area contributed by atoms with Gasteiger partial charge in [-0.15, -0.1) is 9.24 Å². The molecule has 0 aliphatic heterocycles. The Bertz CT molecular complexity index is 929. The van der Waals surface area contributed by atoms with Crippen LogP contribution in [0.4, 0.5) is 0 Å². The van der Waals surface area contributed by atoms with Crippen LogP contribution >= 0.6 is 9.24 Å². The van der Waals surface area contributed by atoms with Gasteiger partial charge in [-0.05, 0) is 103 Å². The third-order valence-electron chi connectivity index (χ3n) is 5.76. The van der Waals surface area contributed by atoms with Gasteiger partial charge in [0.2, 0.25) is 0 Å². The van der Waals surface area contributed by atoms with Crippen molar-refractivity contribution in [2.24, 2.45) is 0 Å². The highest BCUT2D eigenvalue weighted by atomic mass is 31.0. The van der Waals surface area contributed by atoms with Crippen LogP contribution in [-0.4, -0.2) is 0 Å². The summed E-state index contributed by atoms with van der Waals surface area (Å²) >= 11 is 0. The van der Waals surface area contributed by atoms with Crippen molar-refractivity contribution in [2.75, 3.05) is 0 Å².